The Morgan fingerprint density at radius 1 is 0.280 bits per heavy atom. The van der Waals surface area contributed by atoms with Gasteiger partial charge < -0.3 is 33.3 Å². The van der Waals surface area contributed by atoms with Gasteiger partial charge in [-0.15, -0.1) is 0 Å². The topological polar surface area (TPSA) is 111 Å². The monoisotopic (exact) mass is 1510 g/mol. The van der Waals surface area contributed by atoms with Crippen molar-refractivity contribution in [2.75, 3.05) is 47.5 Å². The molecule has 0 saturated heterocycles. The minimum Gasteiger partial charge on any atom is -0.545 e. The summed E-state index contributed by atoms with van der Waals surface area (Å²) in [6, 6.07) is 0. The average molecular weight is 1510 g/mol. The lowest BCUT2D eigenvalue weighted by atomic mass is 10.0. The van der Waals surface area contributed by atoms with Gasteiger partial charge >= 0.3 is 11.9 Å². The SMILES string of the molecule is CCCCCCC/C=C\C/C=C\CCCCCCCCCCCCCCCCCCCCCCCCCCCCCCCC(=O)OC(COC(=O)CCCCCCCCCCCCCCCCCCCCCCCCCCCCCCCCCCCCCCCCCCC)COC(OCC[N+](C)(C)C)C(=O)[O-]. The molecule has 0 heterocycles. The van der Waals surface area contributed by atoms with Crippen molar-refractivity contribution in [2.45, 2.75) is 540 Å². The molecule has 0 aliphatic carbocycles. The van der Waals surface area contributed by atoms with E-state index in [0.29, 0.717) is 17.4 Å². The van der Waals surface area contributed by atoms with Gasteiger partial charge in [-0.25, -0.2) is 0 Å². The molecule has 0 saturated carbocycles. The largest absolute Gasteiger partial charge is 0.545 e. The number of hydrogen-bond acceptors (Lipinski definition) is 8. The van der Waals surface area contributed by atoms with E-state index in [2.05, 4.69) is 38.2 Å². The summed E-state index contributed by atoms with van der Waals surface area (Å²) in [5.41, 5.74) is 0. The highest BCUT2D eigenvalue weighted by atomic mass is 16.7. The zero-order valence-electron chi connectivity index (χ0n) is 73.1. The van der Waals surface area contributed by atoms with Gasteiger partial charge in [0.2, 0.25) is 0 Å². The smallest absolute Gasteiger partial charge is 0.306 e. The van der Waals surface area contributed by atoms with Crippen LogP contribution in [0.3, 0.4) is 0 Å². The Morgan fingerprint density at radius 2 is 0.505 bits per heavy atom. The first-order chi connectivity index (χ1) is 52.6. The van der Waals surface area contributed by atoms with E-state index in [1.54, 1.807) is 0 Å². The Balaban J connectivity index is 3.84. The molecule has 0 radical (unpaired) electrons. The van der Waals surface area contributed by atoms with E-state index in [0.717, 1.165) is 44.9 Å². The second-order valence-corrected chi connectivity index (χ2v) is 34.7. The van der Waals surface area contributed by atoms with Gasteiger partial charge in [0.1, 0.15) is 13.2 Å². The number of aliphatic carboxylic acids is 1. The molecule has 107 heavy (non-hydrogen) atoms. The van der Waals surface area contributed by atoms with E-state index in [9.17, 15) is 19.5 Å². The lowest BCUT2D eigenvalue weighted by molar-refractivity contribution is -0.870. The van der Waals surface area contributed by atoms with E-state index in [1.807, 2.05) is 21.1 Å². The first-order valence-electron chi connectivity index (χ1n) is 48.5. The van der Waals surface area contributed by atoms with Crippen molar-refractivity contribution in [3.05, 3.63) is 24.3 Å². The molecule has 0 bridgehead atoms. The van der Waals surface area contributed by atoms with Crippen molar-refractivity contribution in [3.8, 4) is 0 Å². The average Bonchev–Trinajstić information content (AvgIpc) is 0.965. The molecule has 2 atom stereocenters. The summed E-state index contributed by atoms with van der Waals surface area (Å²) in [4.78, 5) is 37.7. The molecule has 0 aromatic carbocycles. The van der Waals surface area contributed by atoms with Gasteiger partial charge in [0.15, 0.2) is 12.4 Å². The third-order valence-corrected chi connectivity index (χ3v) is 22.7. The number of carboxylic acid groups (broad SMARTS) is 1. The van der Waals surface area contributed by atoms with E-state index >= 15 is 0 Å². The molecule has 9 heteroatoms. The van der Waals surface area contributed by atoms with E-state index < -0.39 is 24.3 Å². The zero-order chi connectivity index (χ0) is 77.4. The molecule has 0 aliphatic heterocycles. The van der Waals surface area contributed by atoms with Crippen LogP contribution in [0.2, 0.25) is 0 Å². The standard InChI is InChI=1S/C98H189NO8/c1-6-8-10-12-14-16-18-20-22-24-26-28-30-32-34-36-38-40-42-44-46-48-50-52-54-56-58-60-62-64-66-68-70-72-74-76-78-80-82-84-86-88-95(100)105-92-94(93-106-98(97(102)103)104-91-90-99(3,4)5)107-96(101)89-87-85-83-81-79-77-75-73-71-69-67-65-63-61-59-57-55-53-51-49-47-45-43-41-39-37-35-33-31-29-27-25-23-21-19-17-15-13-11-9-7-2/h19,21,25,27,94,98H,6-18,20,22-24,26,28-93H2,1-5H3/b21-19-,27-25-. The molecule has 0 spiro atoms. The van der Waals surface area contributed by atoms with E-state index in [-0.39, 0.29) is 32.2 Å². The molecule has 0 rings (SSSR count). The molecule has 0 N–H and O–H groups in total. The van der Waals surface area contributed by atoms with Crippen LogP contribution in [0.25, 0.3) is 0 Å². The van der Waals surface area contributed by atoms with Gasteiger partial charge in [-0.1, -0.05) is 494 Å². The first kappa shape index (κ1) is 105. The molecular weight excluding hydrogens is 1320 g/mol. The summed E-state index contributed by atoms with van der Waals surface area (Å²) >= 11 is 0. The molecule has 0 aliphatic rings. The third-order valence-electron chi connectivity index (χ3n) is 22.7. The molecule has 9 nitrogen and oxygen atoms in total. The molecular formula is C98H189NO8. The maximum Gasteiger partial charge on any atom is 0.306 e. The number of carbonyl (C=O) groups excluding carboxylic acids is 3. The normalized spacial score (nSPS) is 12.6. The molecule has 0 aromatic heterocycles. The second kappa shape index (κ2) is 89.3. The van der Waals surface area contributed by atoms with E-state index in [4.69, 9.17) is 18.9 Å². The number of nitrogens with zero attached hydrogens (tertiary/aromatic N) is 1. The highest BCUT2D eigenvalue weighted by molar-refractivity contribution is 5.70. The molecule has 0 aromatic rings. The summed E-state index contributed by atoms with van der Waals surface area (Å²) in [5, 5.41) is 11.9. The van der Waals surface area contributed by atoms with Crippen molar-refractivity contribution in [1.82, 2.24) is 0 Å². The first-order valence-corrected chi connectivity index (χ1v) is 48.5. The molecule has 634 valence electrons. The second-order valence-electron chi connectivity index (χ2n) is 34.7. The fourth-order valence-electron chi connectivity index (χ4n) is 15.3. The highest BCUT2D eigenvalue weighted by Gasteiger charge is 2.22. The number of esters is 2. The minimum atomic E-state index is -1.62. The Bertz CT molecular complexity index is 1810. The zero-order valence-corrected chi connectivity index (χ0v) is 73.1. The van der Waals surface area contributed by atoms with E-state index in [1.165, 1.54) is 456 Å². The van der Waals surface area contributed by atoms with Crippen molar-refractivity contribution in [2.24, 2.45) is 0 Å². The van der Waals surface area contributed by atoms with Gasteiger partial charge in [0.05, 0.1) is 40.3 Å². The predicted molar refractivity (Wildman–Crippen MR) is 463 cm³/mol. The van der Waals surface area contributed by atoms with Crippen LogP contribution in [0.5, 0.6) is 0 Å². The number of carbonyl (C=O) groups is 3. The van der Waals surface area contributed by atoms with Gasteiger partial charge in [-0.05, 0) is 44.9 Å². The minimum absolute atomic E-state index is 0.153. The van der Waals surface area contributed by atoms with Gasteiger partial charge in [-0.3, -0.25) is 9.59 Å². The Morgan fingerprint density at radius 3 is 0.738 bits per heavy atom. The summed E-state index contributed by atoms with van der Waals surface area (Å²) in [6.07, 6.45) is 114. The fourth-order valence-corrected chi connectivity index (χ4v) is 15.3. The fraction of sp³-hybridized carbons (Fsp3) is 0.929. The number of likely N-dealkylation sites (N-methyl/N-ethyl adjacent to an activating group) is 1. The number of carboxylic acids is 1. The number of ether oxygens (including phenoxy) is 4. The number of rotatable bonds is 93. The number of hydrogen-bond donors (Lipinski definition) is 0. The van der Waals surface area contributed by atoms with Crippen molar-refractivity contribution in [1.29, 1.82) is 0 Å². The summed E-state index contributed by atoms with van der Waals surface area (Å²) in [5.74, 6) is -2.24. The summed E-state index contributed by atoms with van der Waals surface area (Å²) in [7, 11) is 5.97. The maximum atomic E-state index is 13.0. The van der Waals surface area contributed by atoms with Crippen LogP contribution in [0.1, 0.15) is 528 Å². The predicted octanol–water partition coefficient (Wildman–Crippen LogP) is 30.6. The summed E-state index contributed by atoms with van der Waals surface area (Å²) < 4.78 is 23.0. The van der Waals surface area contributed by atoms with Crippen molar-refractivity contribution < 1.29 is 42.9 Å². The lowest BCUT2D eigenvalue weighted by Gasteiger charge is -2.26. The van der Waals surface area contributed by atoms with Crippen LogP contribution in [-0.2, 0) is 33.3 Å². The van der Waals surface area contributed by atoms with Crippen molar-refractivity contribution >= 4 is 17.9 Å². The van der Waals surface area contributed by atoms with Crippen molar-refractivity contribution in [3.63, 3.8) is 0 Å². The Kier molecular flexibility index (Phi) is 87.5. The quantitative estimate of drug-likeness (QED) is 0.0195. The van der Waals surface area contributed by atoms with Gasteiger partial charge in [0, 0.05) is 12.8 Å². The van der Waals surface area contributed by atoms with Crippen LogP contribution in [-0.4, -0.2) is 82.3 Å². The molecule has 0 amide bonds. The number of unbranched alkanes of at least 4 members (excludes halogenated alkanes) is 74. The van der Waals surface area contributed by atoms with Crippen LogP contribution in [0, 0.1) is 0 Å². The third kappa shape index (κ3) is 90.8. The molecule has 0 fully saturated rings. The maximum absolute atomic E-state index is 13.0. The van der Waals surface area contributed by atoms with Gasteiger partial charge in [-0.2, -0.15) is 0 Å². The van der Waals surface area contributed by atoms with Gasteiger partial charge in [0.25, 0.3) is 0 Å². The Hall–Kier alpha value is -2.23. The Labute approximate surface area is 668 Å². The highest BCUT2D eigenvalue weighted by Crippen LogP contribution is 2.22. The molecule has 2 unspecified atom stereocenters. The van der Waals surface area contributed by atoms with Crippen LogP contribution in [0.15, 0.2) is 24.3 Å². The van der Waals surface area contributed by atoms with Crippen LogP contribution >= 0.6 is 0 Å². The summed E-state index contributed by atoms with van der Waals surface area (Å²) in [6.45, 7) is 4.84. The number of allylic oxidation sites excluding steroid dienone is 4. The lowest BCUT2D eigenvalue weighted by Crippen LogP contribution is -2.44. The van der Waals surface area contributed by atoms with Crippen LogP contribution in [0.4, 0.5) is 0 Å². The number of quaternary nitrogens is 1. The van der Waals surface area contributed by atoms with Crippen LogP contribution < -0.4 is 5.11 Å².